The summed E-state index contributed by atoms with van der Waals surface area (Å²) in [7, 11) is 3.73. The second-order valence-corrected chi connectivity index (χ2v) is 5.01. The molecule has 1 aromatic heterocycles. The number of anilines is 1. The highest BCUT2D eigenvalue weighted by Crippen LogP contribution is 2.28. The fraction of sp³-hybridized carbons (Fsp3) is 0.692. The molecule has 2 N–H and O–H groups in total. The van der Waals surface area contributed by atoms with Gasteiger partial charge in [0.25, 0.3) is 0 Å². The van der Waals surface area contributed by atoms with Crippen molar-refractivity contribution >= 4 is 5.82 Å². The Hall–Kier alpha value is -1.36. The highest BCUT2D eigenvalue weighted by Gasteiger charge is 2.24. The van der Waals surface area contributed by atoms with Crippen LogP contribution in [0.3, 0.4) is 0 Å². The maximum atomic E-state index is 5.95. The van der Waals surface area contributed by atoms with Gasteiger partial charge in [-0.1, -0.05) is 0 Å². The van der Waals surface area contributed by atoms with Crippen molar-refractivity contribution in [2.24, 2.45) is 5.73 Å². The van der Waals surface area contributed by atoms with E-state index in [2.05, 4.69) is 21.9 Å². The quantitative estimate of drug-likeness (QED) is 0.880. The molecule has 100 valence electrons. The molecular formula is C13H22N4O. The summed E-state index contributed by atoms with van der Waals surface area (Å²) in [6, 6.07) is 0.888. The lowest BCUT2D eigenvalue weighted by Gasteiger charge is -2.34. The maximum Gasteiger partial charge on any atom is 0.221 e. The van der Waals surface area contributed by atoms with E-state index in [0.717, 1.165) is 37.1 Å². The summed E-state index contributed by atoms with van der Waals surface area (Å²) in [4.78, 5) is 10.7. The Bertz CT molecular complexity index is 402. The topological polar surface area (TPSA) is 64.3 Å². The molecule has 0 bridgehead atoms. The average Bonchev–Trinajstić information content (AvgIpc) is 2.39. The highest BCUT2D eigenvalue weighted by atomic mass is 16.5. The Balaban J connectivity index is 2.15. The Kier molecular flexibility index (Phi) is 4.01. The molecule has 0 aliphatic heterocycles. The van der Waals surface area contributed by atoms with Crippen LogP contribution < -0.4 is 15.4 Å². The number of hydrogen-bond donors (Lipinski definition) is 1. The van der Waals surface area contributed by atoms with Crippen LogP contribution in [0.1, 0.15) is 31.2 Å². The number of nitrogens with two attached hydrogens (primary N) is 1. The van der Waals surface area contributed by atoms with Crippen molar-refractivity contribution in [2.45, 2.75) is 44.7 Å². The largest absolute Gasteiger partial charge is 0.481 e. The van der Waals surface area contributed by atoms with E-state index in [1.165, 1.54) is 0 Å². The van der Waals surface area contributed by atoms with E-state index >= 15 is 0 Å². The van der Waals surface area contributed by atoms with Crippen LogP contribution in [0.4, 0.5) is 5.82 Å². The van der Waals surface area contributed by atoms with Crippen LogP contribution in [0.5, 0.6) is 5.88 Å². The fourth-order valence-corrected chi connectivity index (χ4v) is 2.65. The summed E-state index contributed by atoms with van der Waals surface area (Å²) in [5.41, 5.74) is 6.94. The molecule has 0 spiro atoms. The van der Waals surface area contributed by atoms with Gasteiger partial charge in [-0.05, 0) is 32.6 Å². The third-order valence-electron chi connectivity index (χ3n) is 3.83. The van der Waals surface area contributed by atoms with E-state index in [4.69, 9.17) is 10.5 Å². The first kappa shape index (κ1) is 13.1. The Morgan fingerprint density at radius 1 is 1.28 bits per heavy atom. The first-order valence-corrected chi connectivity index (χ1v) is 6.47. The SMILES string of the molecule is COc1ncnc(N(C)C2CCC(N)CC2)c1C. The normalized spacial score (nSPS) is 23.8. The van der Waals surface area contributed by atoms with Crippen LogP contribution >= 0.6 is 0 Å². The van der Waals surface area contributed by atoms with Crippen molar-refractivity contribution in [3.05, 3.63) is 11.9 Å². The first-order valence-electron chi connectivity index (χ1n) is 6.47. The second kappa shape index (κ2) is 5.52. The summed E-state index contributed by atoms with van der Waals surface area (Å²) >= 11 is 0. The van der Waals surface area contributed by atoms with Gasteiger partial charge in [0, 0.05) is 19.1 Å². The Morgan fingerprint density at radius 2 is 1.94 bits per heavy atom. The van der Waals surface area contributed by atoms with Gasteiger partial charge >= 0.3 is 0 Å². The number of rotatable bonds is 3. The number of aromatic nitrogens is 2. The van der Waals surface area contributed by atoms with Crippen molar-refractivity contribution in [1.82, 2.24) is 9.97 Å². The number of hydrogen-bond acceptors (Lipinski definition) is 5. The van der Waals surface area contributed by atoms with Gasteiger partial charge in [-0.15, -0.1) is 0 Å². The van der Waals surface area contributed by atoms with Gasteiger partial charge in [-0.2, -0.15) is 0 Å². The molecule has 0 saturated heterocycles. The van der Waals surface area contributed by atoms with Crippen LogP contribution in [-0.4, -0.2) is 36.2 Å². The number of ether oxygens (including phenoxy) is 1. The minimum atomic E-state index is 0.371. The Morgan fingerprint density at radius 3 is 2.56 bits per heavy atom. The molecule has 0 radical (unpaired) electrons. The summed E-state index contributed by atoms with van der Waals surface area (Å²) in [6.07, 6.45) is 6.01. The van der Waals surface area contributed by atoms with Crippen LogP contribution in [0.15, 0.2) is 6.33 Å². The monoisotopic (exact) mass is 250 g/mol. The zero-order valence-corrected chi connectivity index (χ0v) is 11.4. The van der Waals surface area contributed by atoms with E-state index in [9.17, 15) is 0 Å². The lowest BCUT2D eigenvalue weighted by molar-refractivity contribution is 0.379. The van der Waals surface area contributed by atoms with Gasteiger partial charge in [0.1, 0.15) is 12.1 Å². The highest BCUT2D eigenvalue weighted by molar-refractivity contribution is 5.50. The van der Waals surface area contributed by atoms with E-state index < -0.39 is 0 Å². The first-order chi connectivity index (χ1) is 8.63. The maximum absolute atomic E-state index is 5.95. The fourth-order valence-electron chi connectivity index (χ4n) is 2.65. The third-order valence-corrected chi connectivity index (χ3v) is 3.83. The molecule has 1 heterocycles. The molecule has 0 amide bonds. The van der Waals surface area contributed by atoms with Crippen molar-refractivity contribution in [3.8, 4) is 5.88 Å². The lowest BCUT2D eigenvalue weighted by Crippen LogP contribution is -2.39. The van der Waals surface area contributed by atoms with Crippen LogP contribution in [0.25, 0.3) is 0 Å². The van der Waals surface area contributed by atoms with E-state index in [-0.39, 0.29) is 0 Å². The molecule has 0 atom stereocenters. The minimum absolute atomic E-state index is 0.371. The van der Waals surface area contributed by atoms with Crippen molar-refractivity contribution in [2.75, 3.05) is 19.1 Å². The molecule has 1 fully saturated rings. The zero-order valence-electron chi connectivity index (χ0n) is 11.4. The Labute approximate surface area is 108 Å². The van der Waals surface area contributed by atoms with Gasteiger partial charge in [0.2, 0.25) is 5.88 Å². The van der Waals surface area contributed by atoms with Gasteiger partial charge < -0.3 is 15.4 Å². The second-order valence-electron chi connectivity index (χ2n) is 5.01. The predicted octanol–water partition coefficient (Wildman–Crippen LogP) is 1.50. The predicted molar refractivity (Wildman–Crippen MR) is 72.0 cm³/mol. The van der Waals surface area contributed by atoms with Crippen molar-refractivity contribution in [1.29, 1.82) is 0 Å². The summed E-state index contributed by atoms with van der Waals surface area (Å²) in [5, 5.41) is 0. The van der Waals surface area contributed by atoms with Crippen LogP contribution in [0.2, 0.25) is 0 Å². The molecule has 2 rings (SSSR count). The van der Waals surface area contributed by atoms with Crippen LogP contribution in [0, 0.1) is 6.92 Å². The lowest BCUT2D eigenvalue weighted by atomic mass is 9.91. The molecule has 1 aliphatic carbocycles. The molecule has 1 aromatic rings. The number of nitrogens with zero attached hydrogens (tertiary/aromatic N) is 3. The summed E-state index contributed by atoms with van der Waals surface area (Å²) < 4.78 is 5.24. The molecule has 18 heavy (non-hydrogen) atoms. The van der Waals surface area contributed by atoms with E-state index in [0.29, 0.717) is 18.0 Å². The van der Waals surface area contributed by atoms with Crippen molar-refractivity contribution in [3.63, 3.8) is 0 Å². The molecule has 1 aliphatic rings. The summed E-state index contributed by atoms with van der Waals surface area (Å²) in [5.74, 6) is 1.61. The van der Waals surface area contributed by atoms with E-state index in [1.807, 2.05) is 6.92 Å². The molecule has 0 unspecified atom stereocenters. The van der Waals surface area contributed by atoms with E-state index in [1.54, 1.807) is 13.4 Å². The molecular weight excluding hydrogens is 228 g/mol. The molecule has 1 saturated carbocycles. The van der Waals surface area contributed by atoms with Gasteiger partial charge in [0.15, 0.2) is 0 Å². The van der Waals surface area contributed by atoms with Crippen LogP contribution in [-0.2, 0) is 0 Å². The third kappa shape index (κ3) is 2.56. The standard InChI is InChI=1S/C13H22N4O/c1-9-12(15-8-16-13(9)18-3)17(2)11-6-4-10(14)5-7-11/h8,10-11H,4-7,14H2,1-3H3. The smallest absolute Gasteiger partial charge is 0.221 e. The van der Waals surface area contributed by atoms with Gasteiger partial charge in [-0.3, -0.25) is 0 Å². The van der Waals surface area contributed by atoms with Gasteiger partial charge in [0.05, 0.1) is 12.7 Å². The number of methoxy groups -OCH3 is 1. The summed E-state index contributed by atoms with van der Waals surface area (Å²) in [6.45, 7) is 2.00. The average molecular weight is 250 g/mol. The molecule has 5 nitrogen and oxygen atoms in total. The van der Waals surface area contributed by atoms with Crippen molar-refractivity contribution < 1.29 is 4.74 Å². The van der Waals surface area contributed by atoms with Gasteiger partial charge in [-0.25, -0.2) is 9.97 Å². The molecule has 0 aromatic carbocycles. The molecule has 5 heteroatoms. The minimum Gasteiger partial charge on any atom is -0.481 e. The zero-order chi connectivity index (χ0) is 13.1.